The second kappa shape index (κ2) is 10.6. The van der Waals surface area contributed by atoms with Gasteiger partial charge in [-0.15, -0.1) is 0 Å². The summed E-state index contributed by atoms with van der Waals surface area (Å²) in [7, 11) is -3.47. The Labute approximate surface area is 155 Å². The summed E-state index contributed by atoms with van der Waals surface area (Å²) < 4.78 is 27.1. The van der Waals surface area contributed by atoms with Crippen LogP contribution in [0.3, 0.4) is 0 Å². The molecule has 0 saturated heterocycles. The van der Waals surface area contributed by atoms with Crippen molar-refractivity contribution in [2.24, 2.45) is 0 Å². The molecule has 0 radical (unpaired) electrons. The molecule has 0 aliphatic heterocycles. The standard InChI is InChI=1S/C19H25N3O3S/c23-16-21-19(12-11-17-7-3-1-4-8-17)15-26(24,25)22-14-13-20-18-9-5-2-6-10-18/h1-10,16,19-20,22H,11-15H2,(H,21,23)/t19-/m0/s1. The molecule has 2 aromatic carbocycles. The zero-order valence-corrected chi connectivity index (χ0v) is 15.4. The molecule has 0 aromatic heterocycles. The van der Waals surface area contributed by atoms with E-state index in [4.69, 9.17) is 0 Å². The molecule has 6 nitrogen and oxygen atoms in total. The number of sulfonamides is 1. The highest BCUT2D eigenvalue weighted by molar-refractivity contribution is 7.89. The van der Waals surface area contributed by atoms with E-state index in [9.17, 15) is 13.2 Å². The van der Waals surface area contributed by atoms with Gasteiger partial charge in [-0.25, -0.2) is 13.1 Å². The number of hydrogen-bond donors (Lipinski definition) is 3. The van der Waals surface area contributed by atoms with Crippen molar-refractivity contribution in [2.75, 3.05) is 24.2 Å². The molecule has 1 atom stereocenters. The fourth-order valence-corrected chi connectivity index (χ4v) is 3.91. The molecule has 7 heteroatoms. The summed E-state index contributed by atoms with van der Waals surface area (Å²) in [4.78, 5) is 10.8. The third-order valence-corrected chi connectivity index (χ3v) is 5.38. The van der Waals surface area contributed by atoms with Gasteiger partial charge in [-0.3, -0.25) is 4.79 Å². The highest BCUT2D eigenvalue weighted by Gasteiger charge is 2.18. The molecule has 2 rings (SSSR count). The Morgan fingerprint density at radius 3 is 2.23 bits per heavy atom. The monoisotopic (exact) mass is 375 g/mol. The molecular weight excluding hydrogens is 350 g/mol. The van der Waals surface area contributed by atoms with Gasteiger partial charge < -0.3 is 10.6 Å². The van der Waals surface area contributed by atoms with Gasteiger partial charge in [0, 0.05) is 24.8 Å². The number of hydrogen-bond acceptors (Lipinski definition) is 4. The molecule has 1 amide bonds. The van der Waals surface area contributed by atoms with Gasteiger partial charge in [0.15, 0.2) is 0 Å². The maximum Gasteiger partial charge on any atom is 0.213 e. The minimum absolute atomic E-state index is 0.135. The van der Waals surface area contributed by atoms with Crippen molar-refractivity contribution >= 4 is 22.1 Å². The highest BCUT2D eigenvalue weighted by Crippen LogP contribution is 2.07. The molecule has 140 valence electrons. The first-order chi connectivity index (χ1) is 12.6. The predicted molar refractivity (Wildman–Crippen MR) is 104 cm³/mol. The van der Waals surface area contributed by atoms with E-state index in [1.165, 1.54) is 0 Å². The van der Waals surface area contributed by atoms with Gasteiger partial charge in [-0.2, -0.15) is 0 Å². The molecule has 0 heterocycles. The summed E-state index contributed by atoms with van der Waals surface area (Å²) in [5.74, 6) is -0.135. The number of benzene rings is 2. The van der Waals surface area contributed by atoms with Gasteiger partial charge in [-0.05, 0) is 30.5 Å². The topological polar surface area (TPSA) is 87.3 Å². The Hall–Kier alpha value is -2.38. The Bertz CT molecular complexity index is 752. The zero-order valence-electron chi connectivity index (χ0n) is 14.6. The number of anilines is 1. The van der Waals surface area contributed by atoms with Gasteiger partial charge >= 0.3 is 0 Å². The number of carbonyl (C=O) groups excluding carboxylic acids is 1. The van der Waals surface area contributed by atoms with Crippen molar-refractivity contribution in [1.82, 2.24) is 10.0 Å². The van der Waals surface area contributed by atoms with Gasteiger partial charge in [0.25, 0.3) is 0 Å². The molecular formula is C19H25N3O3S. The third-order valence-electron chi connectivity index (χ3n) is 3.90. The zero-order chi connectivity index (χ0) is 18.7. The lowest BCUT2D eigenvalue weighted by molar-refractivity contribution is -0.110. The van der Waals surface area contributed by atoms with Crippen molar-refractivity contribution in [1.29, 1.82) is 0 Å². The molecule has 0 fully saturated rings. The number of nitrogens with one attached hydrogen (secondary N) is 3. The minimum Gasteiger partial charge on any atom is -0.384 e. The SMILES string of the molecule is O=CN[C@@H](CCc1ccccc1)CS(=O)(=O)NCCNc1ccccc1. The fraction of sp³-hybridized carbons (Fsp3) is 0.316. The van der Waals surface area contributed by atoms with Crippen LogP contribution >= 0.6 is 0 Å². The second-order valence-corrected chi connectivity index (χ2v) is 7.83. The Morgan fingerprint density at radius 2 is 1.58 bits per heavy atom. The van der Waals surface area contributed by atoms with Crippen molar-refractivity contribution in [3.05, 3.63) is 66.2 Å². The quantitative estimate of drug-likeness (QED) is 0.390. The van der Waals surface area contributed by atoms with E-state index < -0.39 is 16.1 Å². The number of para-hydroxylation sites is 1. The Balaban J connectivity index is 1.77. The van der Waals surface area contributed by atoms with Gasteiger partial charge in [0.05, 0.1) is 5.75 Å². The first-order valence-corrected chi connectivity index (χ1v) is 10.2. The van der Waals surface area contributed by atoms with Crippen LogP contribution in [-0.2, 0) is 21.2 Å². The maximum absolute atomic E-state index is 12.2. The van der Waals surface area contributed by atoms with Gasteiger partial charge in [-0.1, -0.05) is 48.5 Å². The van der Waals surface area contributed by atoms with Crippen LogP contribution in [0.4, 0.5) is 5.69 Å². The summed E-state index contributed by atoms with van der Waals surface area (Å²) in [6.45, 7) is 0.767. The van der Waals surface area contributed by atoms with E-state index in [1.54, 1.807) is 0 Å². The molecule has 2 aromatic rings. The molecule has 0 bridgehead atoms. The summed E-state index contributed by atoms with van der Waals surface area (Å²) in [6.07, 6.45) is 1.82. The molecule has 0 saturated carbocycles. The van der Waals surface area contributed by atoms with Crippen LogP contribution in [0.1, 0.15) is 12.0 Å². The molecule has 0 aliphatic carbocycles. The second-order valence-electron chi connectivity index (χ2n) is 5.97. The third kappa shape index (κ3) is 7.67. The lowest BCUT2D eigenvalue weighted by Gasteiger charge is -2.17. The molecule has 26 heavy (non-hydrogen) atoms. The van der Waals surface area contributed by atoms with Crippen LogP contribution in [0.15, 0.2) is 60.7 Å². The van der Waals surface area contributed by atoms with Crippen LogP contribution < -0.4 is 15.4 Å². The van der Waals surface area contributed by atoms with Crippen LogP contribution in [0, 0.1) is 0 Å². The van der Waals surface area contributed by atoms with Crippen LogP contribution in [0.25, 0.3) is 0 Å². The van der Waals surface area contributed by atoms with Crippen molar-refractivity contribution in [3.8, 4) is 0 Å². The molecule has 3 N–H and O–H groups in total. The molecule has 0 unspecified atom stereocenters. The maximum atomic E-state index is 12.2. The average Bonchev–Trinajstić information content (AvgIpc) is 2.65. The van der Waals surface area contributed by atoms with E-state index >= 15 is 0 Å². The predicted octanol–water partition coefficient (Wildman–Crippen LogP) is 1.77. The highest BCUT2D eigenvalue weighted by atomic mass is 32.2. The summed E-state index contributed by atoms with van der Waals surface area (Å²) in [6, 6.07) is 18.9. The number of aryl methyl sites for hydroxylation is 1. The number of rotatable bonds is 12. The number of carbonyl (C=O) groups is 1. The summed E-state index contributed by atoms with van der Waals surface area (Å²) in [5, 5.41) is 5.75. The minimum atomic E-state index is -3.47. The largest absolute Gasteiger partial charge is 0.384 e. The first kappa shape index (κ1) is 19.9. The lowest BCUT2D eigenvalue weighted by atomic mass is 10.1. The fourth-order valence-electron chi connectivity index (χ4n) is 2.59. The normalized spacial score (nSPS) is 12.3. The van der Waals surface area contributed by atoms with Crippen LogP contribution in [-0.4, -0.2) is 39.7 Å². The van der Waals surface area contributed by atoms with E-state index in [-0.39, 0.29) is 12.3 Å². The van der Waals surface area contributed by atoms with E-state index in [0.717, 1.165) is 11.3 Å². The van der Waals surface area contributed by atoms with E-state index in [1.807, 2.05) is 60.7 Å². The molecule has 0 spiro atoms. The van der Waals surface area contributed by atoms with E-state index in [0.29, 0.717) is 25.8 Å². The van der Waals surface area contributed by atoms with E-state index in [2.05, 4.69) is 15.4 Å². The van der Waals surface area contributed by atoms with Crippen molar-refractivity contribution < 1.29 is 13.2 Å². The van der Waals surface area contributed by atoms with Crippen LogP contribution in [0.5, 0.6) is 0 Å². The Kier molecular flexibility index (Phi) is 8.11. The first-order valence-electron chi connectivity index (χ1n) is 8.59. The average molecular weight is 375 g/mol. The van der Waals surface area contributed by atoms with Crippen molar-refractivity contribution in [3.63, 3.8) is 0 Å². The van der Waals surface area contributed by atoms with Gasteiger partial charge in [0.1, 0.15) is 0 Å². The molecule has 0 aliphatic rings. The summed E-state index contributed by atoms with van der Waals surface area (Å²) in [5.41, 5.74) is 2.05. The smallest absolute Gasteiger partial charge is 0.213 e. The lowest BCUT2D eigenvalue weighted by Crippen LogP contribution is -2.41. The number of amides is 1. The summed E-state index contributed by atoms with van der Waals surface area (Å²) >= 11 is 0. The van der Waals surface area contributed by atoms with Crippen LogP contribution in [0.2, 0.25) is 0 Å². The van der Waals surface area contributed by atoms with Crippen molar-refractivity contribution in [2.45, 2.75) is 18.9 Å². The Morgan fingerprint density at radius 1 is 0.923 bits per heavy atom. The van der Waals surface area contributed by atoms with Gasteiger partial charge in [0.2, 0.25) is 16.4 Å².